The van der Waals surface area contributed by atoms with Crippen LogP contribution in [0.5, 0.6) is 0 Å². The maximum Gasteiger partial charge on any atom is 0.424 e. The Hall–Kier alpha value is -2.09. The van der Waals surface area contributed by atoms with E-state index in [1.165, 1.54) is 0 Å². The summed E-state index contributed by atoms with van der Waals surface area (Å²) < 4.78 is 35.8. The van der Waals surface area contributed by atoms with E-state index >= 15 is 0 Å². The summed E-state index contributed by atoms with van der Waals surface area (Å²) in [7, 11) is -2.96. The van der Waals surface area contributed by atoms with Gasteiger partial charge in [-0.15, -0.1) is 0 Å². The molecule has 1 unspecified atom stereocenters. The average molecular weight is 355 g/mol. The molecule has 24 heavy (non-hydrogen) atoms. The van der Waals surface area contributed by atoms with Crippen LogP contribution in [0.15, 0.2) is 23.1 Å². The van der Waals surface area contributed by atoms with Gasteiger partial charge in [-0.05, 0) is 24.5 Å². The van der Waals surface area contributed by atoms with Crippen LogP contribution in [0.4, 0.5) is 4.79 Å². The normalized spacial score (nSPS) is 18.1. The predicted molar refractivity (Wildman–Crippen MR) is 85.8 cm³/mol. The maximum atomic E-state index is 12.7. The zero-order chi connectivity index (χ0) is 17.9. The molecule has 0 fully saturated rings. The summed E-state index contributed by atoms with van der Waals surface area (Å²) >= 11 is 0. The molecule has 1 aromatic rings. The topological polar surface area (TPSA) is 90.0 Å². The van der Waals surface area contributed by atoms with Crippen molar-refractivity contribution in [2.45, 2.75) is 44.0 Å². The first kappa shape index (κ1) is 18.3. The van der Waals surface area contributed by atoms with E-state index in [1.54, 1.807) is 25.1 Å². The highest BCUT2D eigenvalue weighted by molar-refractivity contribution is 7.90. The Morgan fingerprint density at radius 1 is 1.29 bits per heavy atom. The minimum atomic E-state index is -4.06. The molecule has 1 aromatic carbocycles. The van der Waals surface area contributed by atoms with Gasteiger partial charge in [0.1, 0.15) is 0 Å². The van der Waals surface area contributed by atoms with Crippen molar-refractivity contribution in [1.29, 1.82) is 0 Å². The number of rotatable bonds is 5. The van der Waals surface area contributed by atoms with Crippen molar-refractivity contribution in [2.24, 2.45) is 0 Å². The lowest BCUT2D eigenvalue weighted by atomic mass is 10.0. The van der Waals surface area contributed by atoms with Gasteiger partial charge in [-0.2, -0.15) is 4.31 Å². The molecule has 1 amide bonds. The SMILES string of the molecule is CCCCOC(=O)CC1c2cccc(C)c2S(=O)(=O)N1C(=O)OC. The monoisotopic (exact) mass is 355 g/mol. The summed E-state index contributed by atoms with van der Waals surface area (Å²) in [5, 5.41) is 0. The number of fused-ring (bicyclic) bond motifs is 1. The standard InChI is InChI=1S/C16H21NO6S/c1-4-5-9-23-14(18)10-13-12-8-6-7-11(2)15(12)24(20,21)17(13)16(19)22-3/h6-8,13H,4-5,9-10H2,1-3H3. The number of nitrogens with zero attached hydrogens (tertiary/aromatic N) is 1. The molecular formula is C16H21NO6S. The molecule has 0 radical (unpaired) electrons. The maximum absolute atomic E-state index is 12.7. The van der Waals surface area contributed by atoms with Gasteiger partial charge < -0.3 is 9.47 Å². The summed E-state index contributed by atoms with van der Waals surface area (Å²) in [6.07, 6.45) is 0.345. The Morgan fingerprint density at radius 2 is 2.00 bits per heavy atom. The molecule has 0 N–H and O–H groups in total. The van der Waals surface area contributed by atoms with E-state index in [1.807, 2.05) is 6.92 Å². The van der Waals surface area contributed by atoms with E-state index in [-0.39, 0.29) is 17.9 Å². The number of esters is 1. The smallest absolute Gasteiger partial charge is 0.424 e. The van der Waals surface area contributed by atoms with E-state index in [0.717, 1.165) is 20.0 Å². The third kappa shape index (κ3) is 3.24. The van der Waals surface area contributed by atoms with Gasteiger partial charge in [-0.25, -0.2) is 13.2 Å². The zero-order valence-corrected chi connectivity index (χ0v) is 14.8. The highest BCUT2D eigenvalue weighted by Crippen LogP contribution is 2.43. The number of sulfonamides is 1. The second kappa shape index (κ2) is 7.21. The van der Waals surface area contributed by atoms with Gasteiger partial charge >= 0.3 is 12.1 Å². The van der Waals surface area contributed by atoms with Crippen molar-refractivity contribution in [3.63, 3.8) is 0 Å². The molecule has 1 heterocycles. The van der Waals surface area contributed by atoms with Crippen molar-refractivity contribution in [3.05, 3.63) is 29.3 Å². The Balaban J connectivity index is 2.38. The third-order valence-corrected chi connectivity index (χ3v) is 5.87. The first-order valence-electron chi connectivity index (χ1n) is 7.72. The number of benzene rings is 1. The van der Waals surface area contributed by atoms with Crippen molar-refractivity contribution < 1.29 is 27.5 Å². The van der Waals surface area contributed by atoms with Crippen LogP contribution >= 0.6 is 0 Å². The molecular weight excluding hydrogens is 334 g/mol. The summed E-state index contributed by atoms with van der Waals surface area (Å²) in [6.45, 7) is 3.89. The van der Waals surface area contributed by atoms with E-state index in [2.05, 4.69) is 4.74 Å². The molecule has 1 aliphatic heterocycles. The van der Waals surface area contributed by atoms with Crippen molar-refractivity contribution in [3.8, 4) is 0 Å². The number of hydrogen-bond donors (Lipinski definition) is 0. The van der Waals surface area contributed by atoms with Crippen LogP contribution in [0.1, 0.15) is 43.4 Å². The molecule has 0 bridgehead atoms. The fraction of sp³-hybridized carbons (Fsp3) is 0.500. The number of amides is 1. The molecule has 132 valence electrons. The number of carbonyl (C=O) groups excluding carboxylic acids is 2. The highest BCUT2D eigenvalue weighted by atomic mass is 32.2. The predicted octanol–water partition coefficient (Wildman–Crippen LogP) is 2.54. The van der Waals surface area contributed by atoms with E-state index in [9.17, 15) is 18.0 Å². The van der Waals surface area contributed by atoms with Crippen molar-refractivity contribution in [1.82, 2.24) is 4.31 Å². The second-order valence-electron chi connectivity index (χ2n) is 5.56. The Morgan fingerprint density at radius 3 is 2.62 bits per heavy atom. The Kier molecular flexibility index (Phi) is 5.48. The van der Waals surface area contributed by atoms with Gasteiger partial charge in [-0.3, -0.25) is 4.79 Å². The largest absolute Gasteiger partial charge is 0.466 e. The fourth-order valence-corrected chi connectivity index (χ4v) is 4.70. The molecule has 7 nitrogen and oxygen atoms in total. The van der Waals surface area contributed by atoms with Crippen LogP contribution in [0.25, 0.3) is 0 Å². The first-order chi connectivity index (χ1) is 11.3. The molecule has 1 aliphatic rings. The number of unbranched alkanes of at least 4 members (excludes halogenated alkanes) is 1. The number of methoxy groups -OCH3 is 1. The van der Waals surface area contributed by atoms with Gasteiger partial charge in [0.15, 0.2) is 0 Å². The van der Waals surface area contributed by atoms with Crippen LogP contribution < -0.4 is 0 Å². The minimum absolute atomic E-state index is 0.0572. The number of carbonyl (C=O) groups is 2. The molecule has 2 rings (SSSR count). The first-order valence-corrected chi connectivity index (χ1v) is 9.16. The van der Waals surface area contributed by atoms with Gasteiger partial charge in [0, 0.05) is 0 Å². The van der Waals surface area contributed by atoms with Crippen LogP contribution in [-0.4, -0.2) is 38.5 Å². The summed E-state index contributed by atoms with van der Waals surface area (Å²) in [5.74, 6) is -0.549. The Bertz CT molecular complexity index is 743. The van der Waals surface area contributed by atoms with Crippen LogP contribution in [0.2, 0.25) is 0 Å². The number of ether oxygens (including phenoxy) is 2. The van der Waals surface area contributed by atoms with E-state index < -0.39 is 28.1 Å². The third-order valence-electron chi connectivity index (χ3n) is 3.88. The minimum Gasteiger partial charge on any atom is -0.466 e. The number of hydrogen-bond acceptors (Lipinski definition) is 6. The van der Waals surface area contributed by atoms with Gasteiger partial charge in [0.05, 0.1) is 31.1 Å². The molecule has 0 aliphatic carbocycles. The summed E-state index contributed by atoms with van der Waals surface area (Å²) in [6, 6.07) is 3.99. The van der Waals surface area contributed by atoms with Gasteiger partial charge in [0.2, 0.25) is 0 Å². The molecule has 0 spiro atoms. The van der Waals surface area contributed by atoms with Crippen molar-refractivity contribution >= 4 is 22.1 Å². The van der Waals surface area contributed by atoms with E-state index in [0.29, 0.717) is 15.4 Å². The lowest BCUT2D eigenvalue weighted by molar-refractivity contribution is -0.144. The Labute approximate surface area is 141 Å². The van der Waals surface area contributed by atoms with Gasteiger partial charge in [0.25, 0.3) is 10.0 Å². The summed E-state index contributed by atoms with van der Waals surface area (Å²) in [5.41, 5.74) is 0.927. The fourth-order valence-electron chi connectivity index (χ4n) is 2.74. The molecule has 0 saturated carbocycles. The lowest BCUT2D eigenvalue weighted by Gasteiger charge is -2.21. The quantitative estimate of drug-likeness (QED) is 0.595. The molecule has 8 heteroatoms. The molecule has 0 aromatic heterocycles. The number of aryl methyl sites for hydroxylation is 1. The van der Waals surface area contributed by atoms with Crippen molar-refractivity contribution in [2.75, 3.05) is 13.7 Å². The average Bonchev–Trinajstić information content (AvgIpc) is 2.75. The molecule has 0 saturated heterocycles. The highest BCUT2D eigenvalue weighted by Gasteiger charge is 2.48. The molecule has 1 atom stereocenters. The zero-order valence-electron chi connectivity index (χ0n) is 13.9. The summed E-state index contributed by atoms with van der Waals surface area (Å²) in [4.78, 5) is 24.1. The van der Waals surface area contributed by atoms with Crippen LogP contribution in [-0.2, 0) is 24.3 Å². The van der Waals surface area contributed by atoms with Gasteiger partial charge in [-0.1, -0.05) is 31.5 Å². The lowest BCUT2D eigenvalue weighted by Crippen LogP contribution is -2.35. The van der Waals surface area contributed by atoms with Crippen LogP contribution in [0.3, 0.4) is 0 Å². The van der Waals surface area contributed by atoms with Crippen LogP contribution in [0, 0.1) is 6.92 Å². The second-order valence-corrected chi connectivity index (χ2v) is 7.31. The van der Waals surface area contributed by atoms with E-state index in [4.69, 9.17) is 4.74 Å².